The van der Waals surface area contributed by atoms with Crippen LogP contribution in [-0.4, -0.2) is 23.6 Å². The van der Waals surface area contributed by atoms with Crippen molar-refractivity contribution in [2.45, 2.75) is 0 Å². The van der Waals surface area contributed by atoms with Crippen LogP contribution in [0.2, 0.25) is 5.02 Å². The van der Waals surface area contributed by atoms with E-state index >= 15 is 0 Å². The summed E-state index contributed by atoms with van der Waals surface area (Å²) in [6, 6.07) is 13.6. The van der Waals surface area contributed by atoms with Gasteiger partial charge in [0, 0.05) is 16.1 Å². The Kier molecular flexibility index (Phi) is 5.97. The molecule has 2 amide bonds. The van der Waals surface area contributed by atoms with E-state index in [1.165, 1.54) is 0 Å². The second-order valence-corrected chi connectivity index (χ2v) is 6.79. The van der Waals surface area contributed by atoms with Crippen LogP contribution >= 0.6 is 23.4 Å². The van der Waals surface area contributed by atoms with E-state index in [0.717, 1.165) is 11.8 Å². The van der Waals surface area contributed by atoms with Crippen LogP contribution in [0.5, 0.6) is 5.75 Å². The molecular weight excluding hydrogens is 384 g/mol. The maximum atomic E-state index is 12.2. The summed E-state index contributed by atoms with van der Waals surface area (Å²) in [5, 5.41) is 3.29. The number of hydrogen-bond acceptors (Lipinski definition) is 4. The molecule has 0 atom stereocenters. The second-order valence-electron chi connectivity index (χ2n) is 5.33. The van der Waals surface area contributed by atoms with Gasteiger partial charge in [-0.05, 0) is 48.2 Å². The molecule has 5 nitrogen and oxygen atoms in total. The zero-order chi connectivity index (χ0) is 19.2. The number of thioether (sulfide) groups is 1. The highest BCUT2D eigenvalue weighted by molar-refractivity contribution is 8.18. The van der Waals surface area contributed by atoms with Gasteiger partial charge in [0.15, 0.2) is 5.17 Å². The summed E-state index contributed by atoms with van der Waals surface area (Å²) in [6.45, 7) is 0.0927. The molecule has 0 unspecified atom stereocenters. The van der Waals surface area contributed by atoms with E-state index in [0.29, 0.717) is 26.8 Å². The lowest BCUT2D eigenvalue weighted by Crippen LogP contribution is -2.20. The van der Waals surface area contributed by atoms with Crippen molar-refractivity contribution < 1.29 is 14.3 Å². The van der Waals surface area contributed by atoms with Crippen LogP contribution < -0.4 is 10.1 Å². The van der Waals surface area contributed by atoms with Gasteiger partial charge in [0.05, 0.1) is 4.91 Å². The summed E-state index contributed by atoms with van der Waals surface area (Å²) in [6.07, 6.45) is 6.84. The van der Waals surface area contributed by atoms with Crippen molar-refractivity contribution in [1.29, 1.82) is 0 Å². The average molecular weight is 397 g/mol. The highest BCUT2D eigenvalue weighted by Crippen LogP contribution is 2.31. The number of halogens is 1. The summed E-state index contributed by atoms with van der Waals surface area (Å²) in [5.74, 6) is 2.10. The molecule has 1 aliphatic heterocycles. The van der Waals surface area contributed by atoms with Crippen molar-refractivity contribution in [2.24, 2.45) is 4.99 Å². The van der Waals surface area contributed by atoms with Crippen LogP contribution in [0.25, 0.3) is 6.08 Å². The molecular formula is C20H13ClN2O3S. The lowest BCUT2D eigenvalue weighted by molar-refractivity contribution is -0.115. The molecule has 1 heterocycles. The minimum atomic E-state index is -0.430. The lowest BCUT2D eigenvalue weighted by Gasteiger charge is -2.07. The van der Waals surface area contributed by atoms with Gasteiger partial charge in [0.25, 0.3) is 11.8 Å². The van der Waals surface area contributed by atoms with Crippen LogP contribution in [0.15, 0.2) is 58.4 Å². The van der Waals surface area contributed by atoms with Gasteiger partial charge in [-0.2, -0.15) is 4.99 Å². The van der Waals surface area contributed by atoms with E-state index in [9.17, 15) is 9.59 Å². The van der Waals surface area contributed by atoms with Crippen molar-refractivity contribution in [1.82, 2.24) is 5.32 Å². The van der Waals surface area contributed by atoms with E-state index in [2.05, 4.69) is 16.2 Å². The third-order valence-corrected chi connectivity index (χ3v) is 4.59. The fourth-order valence-electron chi connectivity index (χ4n) is 2.24. The normalized spacial score (nSPS) is 16.2. The highest BCUT2D eigenvalue weighted by Gasteiger charge is 2.25. The van der Waals surface area contributed by atoms with E-state index in [1.54, 1.807) is 48.5 Å². The number of carbonyl (C=O) groups is 2. The van der Waals surface area contributed by atoms with Crippen molar-refractivity contribution in [3.8, 4) is 18.1 Å². The molecule has 0 aromatic heterocycles. The average Bonchev–Trinajstić information content (AvgIpc) is 3.00. The van der Waals surface area contributed by atoms with Gasteiger partial charge in [-0.1, -0.05) is 35.7 Å². The largest absolute Gasteiger partial charge is 0.480 e. The molecule has 1 fully saturated rings. The quantitative estimate of drug-likeness (QED) is 0.631. The minimum Gasteiger partial charge on any atom is -0.480 e. The molecule has 0 bridgehead atoms. The molecule has 1 N–H and O–H groups in total. The van der Waals surface area contributed by atoms with Crippen molar-refractivity contribution >= 4 is 46.4 Å². The Labute approximate surface area is 165 Å². The molecule has 0 spiro atoms. The summed E-state index contributed by atoms with van der Waals surface area (Å²) < 4.78 is 5.47. The van der Waals surface area contributed by atoms with Crippen LogP contribution in [-0.2, 0) is 4.79 Å². The van der Waals surface area contributed by atoms with Crippen LogP contribution in [0.1, 0.15) is 15.9 Å². The first-order chi connectivity index (χ1) is 13.1. The zero-order valence-corrected chi connectivity index (χ0v) is 15.5. The molecule has 2 aromatic rings. The van der Waals surface area contributed by atoms with Crippen LogP contribution in [0, 0.1) is 12.3 Å². The highest BCUT2D eigenvalue weighted by atomic mass is 35.5. The number of terminal acetylenes is 1. The molecule has 0 saturated carbocycles. The lowest BCUT2D eigenvalue weighted by atomic mass is 10.2. The van der Waals surface area contributed by atoms with E-state index < -0.39 is 5.91 Å². The van der Waals surface area contributed by atoms with Gasteiger partial charge >= 0.3 is 0 Å². The smallest absolute Gasteiger partial charge is 0.279 e. The minimum absolute atomic E-state index is 0.0927. The van der Waals surface area contributed by atoms with Gasteiger partial charge in [0.2, 0.25) is 0 Å². The second kappa shape index (κ2) is 8.58. The van der Waals surface area contributed by atoms with Crippen molar-refractivity contribution in [3.63, 3.8) is 0 Å². The maximum absolute atomic E-state index is 12.2. The monoisotopic (exact) mass is 396 g/mol. The maximum Gasteiger partial charge on any atom is 0.279 e. The van der Waals surface area contributed by atoms with Crippen LogP contribution in [0.4, 0.5) is 0 Å². The van der Waals surface area contributed by atoms with Gasteiger partial charge < -0.3 is 10.1 Å². The number of nitrogens with one attached hydrogen (secondary N) is 1. The number of carbonyl (C=O) groups excluding carboxylic acids is 2. The number of hydrogen-bond donors (Lipinski definition) is 1. The van der Waals surface area contributed by atoms with Gasteiger partial charge in [-0.25, -0.2) is 0 Å². The van der Waals surface area contributed by atoms with Crippen molar-refractivity contribution in [3.05, 3.63) is 69.6 Å². The molecule has 2 aromatic carbocycles. The SMILES string of the molecule is C#CCOc1ccc(Cl)cc1/C=C1\SC(=NC(=O)c2ccccc2)NC1=O. The number of rotatable bonds is 4. The standard InChI is InChI=1S/C20H13ClN2O3S/c1-2-10-26-16-9-8-15(21)11-14(16)12-17-19(25)23-20(27-17)22-18(24)13-6-4-3-5-7-13/h1,3-9,11-12H,10H2,(H,22,23,24,25)/b17-12-. The van der Waals surface area contributed by atoms with Crippen molar-refractivity contribution in [2.75, 3.05) is 6.61 Å². The Balaban J connectivity index is 1.84. The Morgan fingerprint density at radius 1 is 1.30 bits per heavy atom. The van der Waals surface area contributed by atoms with Crippen LogP contribution in [0.3, 0.4) is 0 Å². The fourth-order valence-corrected chi connectivity index (χ4v) is 3.23. The number of aliphatic imine (C=N–C) groups is 1. The first kappa shape index (κ1) is 18.8. The molecule has 7 heteroatoms. The summed E-state index contributed by atoms with van der Waals surface area (Å²) in [7, 11) is 0. The predicted molar refractivity (Wildman–Crippen MR) is 108 cm³/mol. The Morgan fingerprint density at radius 2 is 2.07 bits per heavy atom. The Bertz CT molecular complexity index is 994. The molecule has 0 aliphatic carbocycles. The zero-order valence-electron chi connectivity index (χ0n) is 13.9. The third-order valence-electron chi connectivity index (χ3n) is 3.44. The Morgan fingerprint density at radius 3 is 2.81 bits per heavy atom. The predicted octanol–water partition coefficient (Wildman–Crippen LogP) is 3.75. The molecule has 1 aliphatic rings. The van der Waals surface area contributed by atoms with E-state index in [-0.39, 0.29) is 17.7 Å². The van der Waals surface area contributed by atoms with E-state index in [4.69, 9.17) is 22.8 Å². The number of amidine groups is 1. The molecule has 3 rings (SSSR count). The number of ether oxygens (including phenoxy) is 1. The number of amides is 2. The fraction of sp³-hybridized carbons (Fsp3) is 0.0500. The number of benzene rings is 2. The topological polar surface area (TPSA) is 67.8 Å². The molecule has 1 saturated heterocycles. The number of nitrogens with zero attached hydrogens (tertiary/aromatic N) is 1. The van der Waals surface area contributed by atoms with Gasteiger partial charge in [0.1, 0.15) is 12.4 Å². The first-order valence-electron chi connectivity index (χ1n) is 7.81. The summed E-state index contributed by atoms with van der Waals surface area (Å²) >= 11 is 7.10. The Hall–Kier alpha value is -3.01. The first-order valence-corrected chi connectivity index (χ1v) is 9.01. The van der Waals surface area contributed by atoms with E-state index in [1.807, 2.05) is 6.07 Å². The molecule has 0 radical (unpaired) electrons. The third kappa shape index (κ3) is 4.79. The molecule has 134 valence electrons. The summed E-state index contributed by atoms with van der Waals surface area (Å²) in [4.78, 5) is 28.7. The summed E-state index contributed by atoms with van der Waals surface area (Å²) in [5.41, 5.74) is 1.04. The van der Waals surface area contributed by atoms with Gasteiger partial charge in [-0.15, -0.1) is 6.42 Å². The van der Waals surface area contributed by atoms with Gasteiger partial charge in [-0.3, -0.25) is 9.59 Å². The molecule has 27 heavy (non-hydrogen) atoms.